The summed E-state index contributed by atoms with van der Waals surface area (Å²) < 4.78 is 5.22. The van der Waals surface area contributed by atoms with Crippen LogP contribution in [0.3, 0.4) is 0 Å². The lowest BCUT2D eigenvalue weighted by atomic mass is 10.1. The van der Waals surface area contributed by atoms with E-state index in [0.717, 1.165) is 23.8 Å². The number of nitrogens with zero attached hydrogens (tertiary/aromatic N) is 1. The van der Waals surface area contributed by atoms with Crippen LogP contribution in [-0.4, -0.2) is 31.6 Å². The molecule has 0 saturated carbocycles. The number of ether oxygens (including phenoxy) is 1. The third-order valence-corrected chi connectivity index (χ3v) is 3.48. The molecule has 1 saturated heterocycles. The van der Waals surface area contributed by atoms with Crippen molar-refractivity contribution in [2.24, 2.45) is 11.7 Å². The van der Waals surface area contributed by atoms with Crippen molar-refractivity contribution in [3.05, 3.63) is 29.8 Å². The fourth-order valence-electron chi connectivity index (χ4n) is 2.45. The van der Waals surface area contributed by atoms with Gasteiger partial charge in [0.1, 0.15) is 5.75 Å². The third kappa shape index (κ3) is 3.20. The summed E-state index contributed by atoms with van der Waals surface area (Å²) in [6.45, 7) is 5.60. The predicted octanol–water partition coefficient (Wildman–Crippen LogP) is 2.04. The summed E-state index contributed by atoms with van der Waals surface area (Å²) in [6, 6.07) is 8.14. The average molecular weight is 234 g/mol. The first kappa shape index (κ1) is 12.4. The number of likely N-dealkylation sites (tertiary alicyclic amines) is 1. The molecule has 1 fully saturated rings. The first-order chi connectivity index (χ1) is 8.19. The Morgan fingerprint density at radius 2 is 2.35 bits per heavy atom. The normalized spacial score (nSPS) is 22.6. The van der Waals surface area contributed by atoms with Gasteiger partial charge in [0.15, 0.2) is 0 Å². The van der Waals surface area contributed by atoms with Crippen LogP contribution in [0.1, 0.15) is 24.9 Å². The molecule has 2 atom stereocenters. The van der Waals surface area contributed by atoms with Gasteiger partial charge in [0.25, 0.3) is 0 Å². The number of nitrogens with two attached hydrogens (primary N) is 1. The zero-order valence-electron chi connectivity index (χ0n) is 10.7. The molecule has 3 nitrogen and oxygen atoms in total. The van der Waals surface area contributed by atoms with E-state index in [9.17, 15) is 0 Å². The Bertz CT molecular complexity index is 367. The summed E-state index contributed by atoms with van der Waals surface area (Å²) in [7, 11) is 1.69. The van der Waals surface area contributed by atoms with E-state index in [1.165, 1.54) is 19.5 Å². The van der Waals surface area contributed by atoms with E-state index < -0.39 is 0 Å². The standard InChI is InChI=1S/C14H22N2O/c1-11-6-7-16(9-11)10-14(15)12-4-3-5-13(8-12)17-2/h3-5,8,11,14H,6-7,9-10,15H2,1-2H3/t11-,14+/m0/s1. The van der Waals surface area contributed by atoms with Crippen molar-refractivity contribution in [3.63, 3.8) is 0 Å². The van der Waals surface area contributed by atoms with Crippen molar-refractivity contribution < 1.29 is 4.74 Å². The van der Waals surface area contributed by atoms with E-state index in [1.807, 2.05) is 18.2 Å². The molecular formula is C14H22N2O. The lowest BCUT2D eigenvalue weighted by Gasteiger charge is -2.21. The van der Waals surface area contributed by atoms with Crippen molar-refractivity contribution in [3.8, 4) is 5.75 Å². The van der Waals surface area contributed by atoms with Crippen molar-refractivity contribution in [1.82, 2.24) is 4.90 Å². The highest BCUT2D eigenvalue weighted by molar-refractivity contribution is 5.30. The van der Waals surface area contributed by atoms with E-state index in [2.05, 4.69) is 17.9 Å². The minimum Gasteiger partial charge on any atom is -0.497 e. The number of methoxy groups -OCH3 is 1. The van der Waals surface area contributed by atoms with E-state index in [4.69, 9.17) is 10.5 Å². The van der Waals surface area contributed by atoms with Gasteiger partial charge in [-0.1, -0.05) is 19.1 Å². The van der Waals surface area contributed by atoms with Gasteiger partial charge in [-0.3, -0.25) is 0 Å². The van der Waals surface area contributed by atoms with Gasteiger partial charge in [0.2, 0.25) is 0 Å². The summed E-state index contributed by atoms with van der Waals surface area (Å²) in [4.78, 5) is 2.45. The van der Waals surface area contributed by atoms with E-state index >= 15 is 0 Å². The Labute approximate surface area is 104 Å². The maximum atomic E-state index is 6.25. The van der Waals surface area contributed by atoms with Crippen molar-refractivity contribution in [2.75, 3.05) is 26.7 Å². The molecule has 1 heterocycles. The highest BCUT2D eigenvalue weighted by Crippen LogP contribution is 2.21. The van der Waals surface area contributed by atoms with Gasteiger partial charge in [-0.15, -0.1) is 0 Å². The summed E-state index contributed by atoms with van der Waals surface area (Å²) >= 11 is 0. The number of rotatable bonds is 4. The molecule has 2 rings (SSSR count). The van der Waals surface area contributed by atoms with Crippen LogP contribution in [0.4, 0.5) is 0 Å². The maximum Gasteiger partial charge on any atom is 0.119 e. The van der Waals surface area contributed by atoms with E-state index in [-0.39, 0.29) is 6.04 Å². The molecule has 1 aliphatic heterocycles. The van der Waals surface area contributed by atoms with Gasteiger partial charge in [-0.25, -0.2) is 0 Å². The number of hydrogen-bond acceptors (Lipinski definition) is 3. The van der Waals surface area contributed by atoms with Crippen molar-refractivity contribution in [1.29, 1.82) is 0 Å². The van der Waals surface area contributed by atoms with Gasteiger partial charge < -0.3 is 15.4 Å². The van der Waals surface area contributed by atoms with Crippen LogP contribution in [0.2, 0.25) is 0 Å². The van der Waals surface area contributed by atoms with Crippen LogP contribution < -0.4 is 10.5 Å². The monoisotopic (exact) mass is 234 g/mol. The van der Waals surface area contributed by atoms with E-state index in [1.54, 1.807) is 7.11 Å². The minimum absolute atomic E-state index is 0.0791. The third-order valence-electron chi connectivity index (χ3n) is 3.48. The van der Waals surface area contributed by atoms with Crippen LogP contribution in [0, 0.1) is 5.92 Å². The van der Waals surface area contributed by atoms with Crippen LogP contribution in [-0.2, 0) is 0 Å². The van der Waals surface area contributed by atoms with Gasteiger partial charge in [0, 0.05) is 19.1 Å². The highest BCUT2D eigenvalue weighted by Gasteiger charge is 2.20. The summed E-state index contributed by atoms with van der Waals surface area (Å²) in [5, 5.41) is 0. The van der Waals surface area contributed by atoms with Gasteiger partial charge in [-0.2, -0.15) is 0 Å². The lowest BCUT2D eigenvalue weighted by molar-refractivity contribution is 0.306. The molecule has 94 valence electrons. The van der Waals surface area contributed by atoms with Crippen molar-refractivity contribution in [2.45, 2.75) is 19.4 Å². The van der Waals surface area contributed by atoms with Gasteiger partial charge in [-0.05, 0) is 36.6 Å². The molecule has 3 heteroatoms. The number of hydrogen-bond donors (Lipinski definition) is 1. The molecule has 0 radical (unpaired) electrons. The van der Waals surface area contributed by atoms with Crippen LogP contribution in [0.15, 0.2) is 24.3 Å². The molecule has 0 aliphatic carbocycles. The second-order valence-corrected chi connectivity index (χ2v) is 5.04. The molecule has 1 aliphatic rings. The van der Waals surface area contributed by atoms with Crippen LogP contribution >= 0.6 is 0 Å². The fraction of sp³-hybridized carbons (Fsp3) is 0.571. The SMILES string of the molecule is COc1cccc([C@H](N)CN2CC[C@H](C)C2)c1. The quantitative estimate of drug-likeness (QED) is 0.866. The topological polar surface area (TPSA) is 38.5 Å². The van der Waals surface area contributed by atoms with E-state index in [0.29, 0.717) is 0 Å². The lowest BCUT2D eigenvalue weighted by Crippen LogP contribution is -2.30. The Morgan fingerprint density at radius 3 is 3.00 bits per heavy atom. The fourth-order valence-corrected chi connectivity index (χ4v) is 2.45. The molecule has 0 unspecified atom stereocenters. The van der Waals surface area contributed by atoms with Crippen LogP contribution in [0.5, 0.6) is 5.75 Å². The Morgan fingerprint density at radius 1 is 1.53 bits per heavy atom. The summed E-state index contributed by atoms with van der Waals surface area (Å²) in [5.41, 5.74) is 7.40. The molecule has 2 N–H and O–H groups in total. The molecular weight excluding hydrogens is 212 g/mol. The highest BCUT2D eigenvalue weighted by atomic mass is 16.5. The summed E-state index contributed by atoms with van der Waals surface area (Å²) in [5.74, 6) is 1.69. The van der Waals surface area contributed by atoms with Crippen LogP contribution in [0.25, 0.3) is 0 Å². The molecule has 0 aromatic heterocycles. The van der Waals surface area contributed by atoms with Gasteiger partial charge in [0.05, 0.1) is 7.11 Å². The molecule has 17 heavy (non-hydrogen) atoms. The first-order valence-corrected chi connectivity index (χ1v) is 6.31. The minimum atomic E-state index is 0.0791. The molecule has 0 spiro atoms. The Balaban J connectivity index is 1.96. The maximum absolute atomic E-state index is 6.25. The zero-order valence-corrected chi connectivity index (χ0v) is 10.7. The zero-order chi connectivity index (χ0) is 12.3. The molecule has 1 aromatic rings. The second-order valence-electron chi connectivity index (χ2n) is 5.04. The Kier molecular flexibility index (Phi) is 4.02. The number of benzene rings is 1. The Hall–Kier alpha value is -1.06. The molecule has 0 amide bonds. The first-order valence-electron chi connectivity index (χ1n) is 6.31. The predicted molar refractivity (Wildman–Crippen MR) is 70.1 cm³/mol. The largest absolute Gasteiger partial charge is 0.497 e. The summed E-state index contributed by atoms with van der Waals surface area (Å²) in [6.07, 6.45) is 1.30. The van der Waals surface area contributed by atoms with Gasteiger partial charge >= 0.3 is 0 Å². The smallest absolute Gasteiger partial charge is 0.119 e. The average Bonchev–Trinajstić information content (AvgIpc) is 2.75. The van der Waals surface area contributed by atoms with Crippen molar-refractivity contribution >= 4 is 0 Å². The molecule has 0 bridgehead atoms. The second kappa shape index (κ2) is 5.52. The molecule has 1 aromatic carbocycles.